The molecule has 0 N–H and O–H groups in total. The summed E-state index contributed by atoms with van der Waals surface area (Å²) in [7, 11) is 0. The van der Waals surface area contributed by atoms with Gasteiger partial charge in [-0.2, -0.15) is 0 Å². The van der Waals surface area contributed by atoms with E-state index in [1.807, 2.05) is 60.7 Å². The fourth-order valence-corrected chi connectivity index (χ4v) is 4.21. The molecule has 0 aliphatic heterocycles. The van der Waals surface area contributed by atoms with Crippen LogP contribution in [0.25, 0.3) is 11.4 Å². The fourth-order valence-electron chi connectivity index (χ4n) is 3.22. The van der Waals surface area contributed by atoms with Gasteiger partial charge < -0.3 is 4.74 Å². The molecule has 0 saturated heterocycles. The van der Waals surface area contributed by atoms with Gasteiger partial charge in [0.15, 0.2) is 11.0 Å². The molecule has 0 unspecified atom stereocenters. The Kier molecular flexibility index (Phi) is 5.01. The molecule has 0 bridgehead atoms. The van der Waals surface area contributed by atoms with E-state index in [2.05, 4.69) is 25.8 Å². The Bertz CT molecular complexity index is 1090. The van der Waals surface area contributed by atoms with Crippen molar-refractivity contribution < 1.29 is 4.74 Å². The van der Waals surface area contributed by atoms with Crippen LogP contribution in [0.4, 0.5) is 0 Å². The Labute approximate surface area is 173 Å². The van der Waals surface area contributed by atoms with Crippen molar-refractivity contribution in [2.45, 2.75) is 29.8 Å². The zero-order valence-corrected chi connectivity index (χ0v) is 16.6. The van der Waals surface area contributed by atoms with E-state index in [0.717, 1.165) is 39.4 Å². The highest BCUT2D eigenvalue weighted by molar-refractivity contribution is 7.98. The number of aromatic nitrogens is 4. The molecule has 1 fully saturated rings. The van der Waals surface area contributed by atoms with Gasteiger partial charge in [0, 0.05) is 35.3 Å². The van der Waals surface area contributed by atoms with Crippen LogP contribution in [0.2, 0.25) is 0 Å². The Hall–Kier alpha value is -3.12. The first-order valence-electron chi connectivity index (χ1n) is 9.67. The average molecular weight is 401 g/mol. The number of thioether (sulfide) groups is 1. The molecule has 2 heterocycles. The van der Waals surface area contributed by atoms with Crippen molar-refractivity contribution in [3.05, 3.63) is 84.7 Å². The lowest BCUT2D eigenvalue weighted by Gasteiger charge is -2.12. The minimum absolute atomic E-state index is 0.492. The number of nitrogens with zero attached hydrogens (tertiary/aromatic N) is 4. The summed E-state index contributed by atoms with van der Waals surface area (Å²) in [5, 5.41) is 9.93. The summed E-state index contributed by atoms with van der Waals surface area (Å²) in [5.74, 6) is 3.40. The third kappa shape index (κ3) is 4.03. The average Bonchev–Trinajstić information content (AvgIpc) is 3.53. The first-order chi connectivity index (χ1) is 14.4. The van der Waals surface area contributed by atoms with Gasteiger partial charge in [-0.1, -0.05) is 48.2 Å². The molecule has 144 valence electrons. The van der Waals surface area contributed by atoms with Crippen LogP contribution < -0.4 is 4.74 Å². The Morgan fingerprint density at radius 2 is 1.66 bits per heavy atom. The highest BCUT2D eigenvalue weighted by Gasteiger charge is 2.30. The van der Waals surface area contributed by atoms with E-state index in [9.17, 15) is 0 Å². The van der Waals surface area contributed by atoms with Crippen LogP contribution in [0, 0.1) is 0 Å². The minimum Gasteiger partial charge on any atom is -0.457 e. The molecule has 1 aliphatic rings. The SMILES string of the molecule is c1ccc(Oc2ccccc2CSc2nnc(-c3ccncc3)n2C2CC2)cc1. The lowest BCUT2D eigenvalue weighted by atomic mass is 10.2. The number of ether oxygens (including phenoxy) is 1. The largest absolute Gasteiger partial charge is 0.457 e. The predicted octanol–water partition coefficient (Wildman–Crippen LogP) is 5.76. The molecule has 0 amide bonds. The highest BCUT2D eigenvalue weighted by Crippen LogP contribution is 2.42. The van der Waals surface area contributed by atoms with Gasteiger partial charge in [0.2, 0.25) is 0 Å². The molecule has 5 rings (SSSR count). The van der Waals surface area contributed by atoms with Crippen molar-refractivity contribution in [3.8, 4) is 22.9 Å². The molecule has 0 spiro atoms. The summed E-state index contributed by atoms with van der Waals surface area (Å²) in [6.45, 7) is 0. The van der Waals surface area contributed by atoms with Gasteiger partial charge in [-0.3, -0.25) is 9.55 Å². The molecule has 4 aromatic rings. The number of benzene rings is 2. The Morgan fingerprint density at radius 3 is 2.45 bits per heavy atom. The first kappa shape index (κ1) is 17.9. The lowest BCUT2D eigenvalue weighted by Crippen LogP contribution is -2.00. The minimum atomic E-state index is 0.492. The van der Waals surface area contributed by atoms with Gasteiger partial charge >= 0.3 is 0 Å². The van der Waals surface area contributed by atoms with E-state index < -0.39 is 0 Å². The standard InChI is InChI=1S/C23H20N4OS/c1-2-7-20(8-3-1)28-21-9-5-4-6-18(21)16-29-23-26-25-22(27(23)19-10-11-19)17-12-14-24-15-13-17/h1-9,12-15,19H,10-11,16H2. The molecule has 0 atom stereocenters. The van der Waals surface area contributed by atoms with Crippen molar-refractivity contribution in [2.75, 3.05) is 0 Å². The Balaban J connectivity index is 1.38. The molecule has 6 heteroatoms. The van der Waals surface area contributed by atoms with Crippen molar-refractivity contribution in [3.63, 3.8) is 0 Å². The van der Waals surface area contributed by atoms with Gasteiger partial charge in [0.05, 0.1) is 0 Å². The summed E-state index contributed by atoms with van der Waals surface area (Å²) in [5.41, 5.74) is 2.19. The van der Waals surface area contributed by atoms with Crippen molar-refractivity contribution in [1.29, 1.82) is 0 Å². The van der Waals surface area contributed by atoms with Crippen LogP contribution in [0.15, 0.2) is 84.3 Å². The predicted molar refractivity (Wildman–Crippen MR) is 114 cm³/mol. The molecule has 5 nitrogen and oxygen atoms in total. The maximum Gasteiger partial charge on any atom is 0.192 e. The Morgan fingerprint density at radius 1 is 0.897 bits per heavy atom. The number of para-hydroxylation sites is 2. The van der Waals surface area contributed by atoms with Crippen molar-refractivity contribution >= 4 is 11.8 Å². The molecule has 29 heavy (non-hydrogen) atoms. The molecule has 1 saturated carbocycles. The van der Waals surface area contributed by atoms with E-state index in [1.54, 1.807) is 24.2 Å². The fraction of sp³-hybridized carbons (Fsp3) is 0.174. The maximum atomic E-state index is 6.10. The van der Waals surface area contributed by atoms with Gasteiger partial charge in [0.1, 0.15) is 11.5 Å². The molecule has 2 aromatic carbocycles. The zero-order valence-electron chi connectivity index (χ0n) is 15.8. The van der Waals surface area contributed by atoms with Crippen LogP contribution in [-0.2, 0) is 5.75 Å². The second-order valence-corrected chi connectivity index (χ2v) is 7.90. The zero-order chi connectivity index (χ0) is 19.5. The maximum absolute atomic E-state index is 6.10. The number of rotatable bonds is 7. The number of hydrogen-bond acceptors (Lipinski definition) is 5. The van der Waals surface area contributed by atoms with Gasteiger partial charge in [-0.05, 0) is 43.2 Å². The van der Waals surface area contributed by atoms with Crippen molar-refractivity contribution in [2.24, 2.45) is 0 Å². The molecule has 0 radical (unpaired) electrons. The van der Waals surface area contributed by atoms with E-state index >= 15 is 0 Å². The van der Waals surface area contributed by atoms with Crippen LogP contribution >= 0.6 is 11.8 Å². The summed E-state index contributed by atoms with van der Waals surface area (Å²) < 4.78 is 8.38. The van der Waals surface area contributed by atoms with E-state index in [-0.39, 0.29) is 0 Å². The smallest absolute Gasteiger partial charge is 0.192 e. The first-order valence-corrected chi connectivity index (χ1v) is 10.7. The lowest BCUT2D eigenvalue weighted by molar-refractivity contribution is 0.478. The topological polar surface area (TPSA) is 52.8 Å². The summed E-state index contributed by atoms with van der Waals surface area (Å²) in [6, 6.07) is 22.5. The summed E-state index contributed by atoms with van der Waals surface area (Å²) in [4.78, 5) is 4.11. The second kappa shape index (κ2) is 8.09. The van der Waals surface area contributed by atoms with E-state index in [1.165, 1.54) is 12.8 Å². The van der Waals surface area contributed by atoms with Gasteiger partial charge in [-0.15, -0.1) is 10.2 Å². The summed E-state index contributed by atoms with van der Waals surface area (Å²) in [6.07, 6.45) is 5.95. The summed E-state index contributed by atoms with van der Waals surface area (Å²) >= 11 is 1.70. The van der Waals surface area contributed by atoms with Gasteiger partial charge in [-0.25, -0.2) is 0 Å². The normalized spacial score (nSPS) is 13.4. The van der Waals surface area contributed by atoms with Gasteiger partial charge in [0.25, 0.3) is 0 Å². The van der Waals surface area contributed by atoms with Crippen LogP contribution in [-0.4, -0.2) is 19.7 Å². The van der Waals surface area contributed by atoms with E-state index in [4.69, 9.17) is 4.74 Å². The quantitative estimate of drug-likeness (QED) is 0.369. The van der Waals surface area contributed by atoms with Crippen LogP contribution in [0.5, 0.6) is 11.5 Å². The molecular weight excluding hydrogens is 380 g/mol. The number of pyridine rings is 1. The highest BCUT2D eigenvalue weighted by atomic mass is 32.2. The molecule has 1 aliphatic carbocycles. The third-order valence-corrected chi connectivity index (χ3v) is 5.81. The monoisotopic (exact) mass is 400 g/mol. The van der Waals surface area contributed by atoms with Crippen molar-refractivity contribution in [1.82, 2.24) is 19.7 Å². The molecular formula is C23H20N4OS. The van der Waals surface area contributed by atoms with Crippen LogP contribution in [0.3, 0.4) is 0 Å². The van der Waals surface area contributed by atoms with Crippen LogP contribution in [0.1, 0.15) is 24.4 Å². The third-order valence-electron chi connectivity index (χ3n) is 4.82. The number of hydrogen-bond donors (Lipinski definition) is 0. The molecule has 2 aromatic heterocycles. The second-order valence-electron chi connectivity index (χ2n) is 6.95. The van der Waals surface area contributed by atoms with E-state index in [0.29, 0.717) is 6.04 Å².